The molecule has 0 radical (unpaired) electrons. The number of fused-ring (bicyclic) bond motifs is 1. The highest BCUT2D eigenvalue weighted by molar-refractivity contribution is 5.85. The van der Waals surface area contributed by atoms with Gasteiger partial charge in [0.2, 0.25) is 0 Å². The summed E-state index contributed by atoms with van der Waals surface area (Å²) in [6.07, 6.45) is 3.82. The first-order chi connectivity index (χ1) is 9.75. The lowest BCUT2D eigenvalue weighted by molar-refractivity contribution is 0.531. The van der Waals surface area contributed by atoms with Crippen molar-refractivity contribution in [1.82, 2.24) is 14.9 Å². The molecule has 1 heterocycles. The number of benzene rings is 2. The fraction of sp³-hybridized carbons (Fsp3) is 0.235. The summed E-state index contributed by atoms with van der Waals surface area (Å²) >= 11 is 0. The van der Waals surface area contributed by atoms with E-state index < -0.39 is 0 Å². The predicted molar refractivity (Wildman–Crippen MR) is 82.4 cm³/mol. The number of hydrogen-bond acceptors (Lipinski definition) is 2. The molecule has 1 N–H and O–H groups in total. The molecule has 0 amide bonds. The lowest BCUT2D eigenvalue weighted by Gasteiger charge is -2.15. The third kappa shape index (κ3) is 2.45. The summed E-state index contributed by atoms with van der Waals surface area (Å²) < 4.78 is 2.06. The molecule has 20 heavy (non-hydrogen) atoms. The van der Waals surface area contributed by atoms with E-state index in [-0.39, 0.29) is 6.04 Å². The molecular formula is C17H19N3. The summed E-state index contributed by atoms with van der Waals surface area (Å²) in [7, 11) is 2.03. The molecule has 2 aromatic carbocycles. The van der Waals surface area contributed by atoms with Gasteiger partial charge in [0.1, 0.15) is 5.82 Å². The maximum Gasteiger partial charge on any atom is 0.125 e. The molecule has 0 aliphatic rings. The topological polar surface area (TPSA) is 29.9 Å². The van der Waals surface area contributed by atoms with Crippen molar-refractivity contribution in [3.63, 3.8) is 0 Å². The molecule has 0 bridgehead atoms. The van der Waals surface area contributed by atoms with E-state index in [1.807, 2.05) is 19.4 Å². The van der Waals surface area contributed by atoms with Crippen molar-refractivity contribution in [1.29, 1.82) is 0 Å². The molecule has 0 aliphatic heterocycles. The minimum absolute atomic E-state index is 0.231. The van der Waals surface area contributed by atoms with Crippen LogP contribution in [0.1, 0.15) is 24.4 Å². The van der Waals surface area contributed by atoms with Crippen LogP contribution in [0.3, 0.4) is 0 Å². The van der Waals surface area contributed by atoms with Crippen LogP contribution in [0.2, 0.25) is 0 Å². The summed E-state index contributed by atoms with van der Waals surface area (Å²) in [5, 5.41) is 6.15. The van der Waals surface area contributed by atoms with Gasteiger partial charge in [-0.3, -0.25) is 0 Å². The number of nitrogens with one attached hydrogen (secondary N) is 1. The zero-order valence-corrected chi connectivity index (χ0v) is 11.9. The predicted octanol–water partition coefficient (Wildman–Crippen LogP) is 3.42. The average molecular weight is 265 g/mol. The number of imidazole rings is 1. The van der Waals surface area contributed by atoms with Crippen molar-refractivity contribution in [2.75, 3.05) is 0 Å². The lowest BCUT2D eigenvalue weighted by Crippen LogP contribution is -2.21. The van der Waals surface area contributed by atoms with Crippen LogP contribution in [-0.4, -0.2) is 9.55 Å². The smallest absolute Gasteiger partial charge is 0.125 e. The van der Waals surface area contributed by atoms with Crippen LogP contribution in [0.15, 0.2) is 54.9 Å². The van der Waals surface area contributed by atoms with Crippen LogP contribution < -0.4 is 5.32 Å². The van der Waals surface area contributed by atoms with Gasteiger partial charge in [-0.15, -0.1) is 0 Å². The molecule has 0 fully saturated rings. The van der Waals surface area contributed by atoms with E-state index in [0.717, 1.165) is 12.4 Å². The monoisotopic (exact) mass is 265 g/mol. The number of nitrogens with zero attached hydrogens (tertiary/aromatic N) is 2. The summed E-state index contributed by atoms with van der Waals surface area (Å²) in [5.41, 5.74) is 1.32. The Morgan fingerprint density at radius 1 is 1.15 bits per heavy atom. The summed E-state index contributed by atoms with van der Waals surface area (Å²) in [6.45, 7) is 2.99. The first-order valence-corrected chi connectivity index (χ1v) is 6.93. The van der Waals surface area contributed by atoms with Gasteiger partial charge >= 0.3 is 0 Å². The zero-order chi connectivity index (χ0) is 13.9. The number of aromatic nitrogens is 2. The van der Waals surface area contributed by atoms with E-state index in [1.54, 1.807) is 0 Å². The van der Waals surface area contributed by atoms with Crippen molar-refractivity contribution in [3.05, 3.63) is 66.2 Å². The van der Waals surface area contributed by atoms with Crippen LogP contribution in [0.4, 0.5) is 0 Å². The summed E-state index contributed by atoms with van der Waals surface area (Å²) in [6, 6.07) is 15.2. The van der Waals surface area contributed by atoms with Gasteiger partial charge in [-0.1, -0.05) is 42.5 Å². The summed E-state index contributed by atoms with van der Waals surface area (Å²) in [5.74, 6) is 1.06. The Morgan fingerprint density at radius 3 is 2.75 bits per heavy atom. The summed E-state index contributed by atoms with van der Waals surface area (Å²) in [4.78, 5) is 4.39. The molecular weight excluding hydrogens is 246 g/mol. The largest absolute Gasteiger partial charge is 0.337 e. The van der Waals surface area contributed by atoms with Crippen LogP contribution >= 0.6 is 0 Å². The lowest BCUT2D eigenvalue weighted by atomic mass is 10.0. The Labute approximate surface area is 119 Å². The van der Waals surface area contributed by atoms with Gasteiger partial charge in [0.15, 0.2) is 0 Å². The van der Waals surface area contributed by atoms with Crippen LogP contribution in [0.5, 0.6) is 0 Å². The Kier molecular flexibility index (Phi) is 3.52. The highest BCUT2D eigenvalue weighted by Gasteiger charge is 2.10. The van der Waals surface area contributed by atoms with Gasteiger partial charge in [0, 0.05) is 26.0 Å². The van der Waals surface area contributed by atoms with Crippen LogP contribution in [0.25, 0.3) is 10.8 Å². The molecule has 1 atom stereocenters. The quantitative estimate of drug-likeness (QED) is 0.783. The zero-order valence-electron chi connectivity index (χ0n) is 11.9. The molecule has 3 heteroatoms. The van der Waals surface area contributed by atoms with E-state index in [4.69, 9.17) is 0 Å². The fourth-order valence-corrected chi connectivity index (χ4v) is 2.60. The number of hydrogen-bond donors (Lipinski definition) is 1. The normalized spacial score (nSPS) is 12.7. The fourth-order valence-electron chi connectivity index (χ4n) is 2.60. The second-order valence-electron chi connectivity index (χ2n) is 5.14. The standard InChI is InChI=1S/C17H19N3/c1-13(17-18-10-11-20(17)2)19-12-15-8-5-7-14-6-3-4-9-16(14)15/h3-11,13,19H,12H2,1-2H3. The second-order valence-corrected chi connectivity index (χ2v) is 5.14. The highest BCUT2D eigenvalue weighted by Crippen LogP contribution is 2.19. The molecule has 0 aliphatic carbocycles. The van der Waals surface area contributed by atoms with Gasteiger partial charge < -0.3 is 9.88 Å². The van der Waals surface area contributed by atoms with E-state index in [9.17, 15) is 0 Å². The number of rotatable bonds is 4. The Hall–Kier alpha value is -2.13. The molecule has 102 valence electrons. The van der Waals surface area contributed by atoms with Gasteiger partial charge in [-0.2, -0.15) is 0 Å². The highest BCUT2D eigenvalue weighted by atomic mass is 15.1. The van der Waals surface area contributed by atoms with E-state index in [1.165, 1.54) is 16.3 Å². The maximum absolute atomic E-state index is 4.39. The SMILES string of the molecule is CC(NCc1cccc2ccccc12)c1nccn1C. The van der Waals surface area contributed by atoms with Crippen molar-refractivity contribution >= 4 is 10.8 Å². The maximum atomic E-state index is 4.39. The van der Waals surface area contributed by atoms with Crippen LogP contribution in [0, 0.1) is 0 Å². The first kappa shape index (κ1) is 12.9. The van der Waals surface area contributed by atoms with Crippen molar-refractivity contribution < 1.29 is 0 Å². The third-order valence-corrected chi connectivity index (χ3v) is 3.72. The van der Waals surface area contributed by atoms with E-state index in [2.05, 4.69) is 64.3 Å². The Bertz CT molecular complexity index is 710. The first-order valence-electron chi connectivity index (χ1n) is 6.93. The van der Waals surface area contributed by atoms with Crippen molar-refractivity contribution in [3.8, 4) is 0 Å². The third-order valence-electron chi connectivity index (χ3n) is 3.72. The molecule has 0 spiro atoms. The molecule has 0 saturated carbocycles. The molecule has 1 aromatic heterocycles. The minimum Gasteiger partial charge on any atom is -0.337 e. The molecule has 1 unspecified atom stereocenters. The molecule has 3 nitrogen and oxygen atoms in total. The molecule has 3 aromatic rings. The van der Waals surface area contributed by atoms with Gasteiger partial charge in [0.25, 0.3) is 0 Å². The minimum atomic E-state index is 0.231. The number of aryl methyl sites for hydroxylation is 1. The van der Waals surface area contributed by atoms with Gasteiger partial charge in [0.05, 0.1) is 6.04 Å². The molecule has 0 saturated heterocycles. The Balaban J connectivity index is 1.79. The second kappa shape index (κ2) is 5.47. The van der Waals surface area contributed by atoms with E-state index in [0.29, 0.717) is 0 Å². The Morgan fingerprint density at radius 2 is 1.95 bits per heavy atom. The van der Waals surface area contributed by atoms with Crippen molar-refractivity contribution in [2.45, 2.75) is 19.5 Å². The van der Waals surface area contributed by atoms with Crippen LogP contribution in [-0.2, 0) is 13.6 Å². The van der Waals surface area contributed by atoms with Gasteiger partial charge in [-0.25, -0.2) is 4.98 Å². The molecule has 3 rings (SSSR count). The average Bonchev–Trinajstić information content (AvgIpc) is 2.91. The van der Waals surface area contributed by atoms with Gasteiger partial charge in [-0.05, 0) is 23.3 Å². The van der Waals surface area contributed by atoms with Crippen molar-refractivity contribution in [2.24, 2.45) is 7.05 Å². The van der Waals surface area contributed by atoms with E-state index >= 15 is 0 Å².